The molecule has 102 valence electrons. The zero-order valence-corrected chi connectivity index (χ0v) is 12.2. The van der Waals surface area contributed by atoms with Crippen molar-refractivity contribution in [2.75, 3.05) is 0 Å². The average molecular weight is 287 g/mol. The van der Waals surface area contributed by atoms with Crippen molar-refractivity contribution in [3.8, 4) is 5.75 Å². The smallest absolute Gasteiger partial charge is 0.193 e. The van der Waals surface area contributed by atoms with E-state index in [1.165, 1.54) is 0 Å². The second kappa shape index (κ2) is 4.64. The largest absolute Gasteiger partial charge is 0.487 e. The highest BCUT2D eigenvalue weighted by Gasteiger charge is 2.30. The molecule has 1 aliphatic heterocycles. The van der Waals surface area contributed by atoms with E-state index in [2.05, 4.69) is 0 Å². The Kier molecular flexibility index (Phi) is 3.06. The Labute approximate surface area is 123 Å². The lowest BCUT2D eigenvalue weighted by Gasteiger charge is -2.16. The van der Waals surface area contributed by atoms with Gasteiger partial charge in [-0.3, -0.25) is 4.79 Å². The zero-order chi connectivity index (χ0) is 14.3. The van der Waals surface area contributed by atoms with Crippen LogP contribution in [0.4, 0.5) is 0 Å². The van der Waals surface area contributed by atoms with Gasteiger partial charge in [0.15, 0.2) is 5.78 Å². The summed E-state index contributed by atoms with van der Waals surface area (Å²) in [6.07, 6.45) is 0.823. The minimum absolute atomic E-state index is 0.00849. The van der Waals surface area contributed by atoms with E-state index in [1.54, 1.807) is 24.3 Å². The Balaban J connectivity index is 1.93. The first-order valence-electron chi connectivity index (χ1n) is 6.57. The number of ketones is 1. The molecule has 3 heteroatoms. The van der Waals surface area contributed by atoms with E-state index >= 15 is 0 Å². The fourth-order valence-corrected chi connectivity index (χ4v) is 2.64. The Morgan fingerprint density at radius 1 is 1.10 bits per heavy atom. The van der Waals surface area contributed by atoms with Crippen LogP contribution in [-0.4, -0.2) is 11.4 Å². The zero-order valence-electron chi connectivity index (χ0n) is 11.4. The van der Waals surface area contributed by atoms with E-state index in [0.29, 0.717) is 16.1 Å². The molecule has 2 aromatic carbocycles. The van der Waals surface area contributed by atoms with Crippen molar-refractivity contribution in [1.29, 1.82) is 0 Å². The molecule has 0 fully saturated rings. The summed E-state index contributed by atoms with van der Waals surface area (Å²) < 4.78 is 5.82. The second-order valence-corrected chi connectivity index (χ2v) is 6.13. The highest BCUT2D eigenvalue weighted by molar-refractivity contribution is 6.30. The van der Waals surface area contributed by atoms with Gasteiger partial charge in [0, 0.05) is 22.6 Å². The standard InChI is InChI=1S/C17H15ClO2/c1-17(2)10-13-9-12(5-8-15(13)20-17)16(19)11-3-6-14(18)7-4-11/h3-9H,10H2,1-2H3. The van der Waals surface area contributed by atoms with Gasteiger partial charge in [0.05, 0.1) is 0 Å². The van der Waals surface area contributed by atoms with Gasteiger partial charge < -0.3 is 4.74 Å². The summed E-state index contributed by atoms with van der Waals surface area (Å²) in [5.74, 6) is 0.886. The van der Waals surface area contributed by atoms with Gasteiger partial charge in [-0.15, -0.1) is 0 Å². The minimum Gasteiger partial charge on any atom is -0.487 e. The van der Waals surface area contributed by atoms with Crippen LogP contribution < -0.4 is 4.74 Å². The molecule has 0 saturated carbocycles. The molecule has 0 atom stereocenters. The van der Waals surface area contributed by atoms with Crippen LogP contribution >= 0.6 is 11.6 Å². The molecule has 3 rings (SSSR count). The van der Waals surface area contributed by atoms with Crippen molar-refractivity contribution in [3.63, 3.8) is 0 Å². The fraction of sp³-hybridized carbons (Fsp3) is 0.235. The van der Waals surface area contributed by atoms with Gasteiger partial charge in [-0.2, -0.15) is 0 Å². The Bertz CT molecular complexity index is 672. The highest BCUT2D eigenvalue weighted by Crippen LogP contribution is 2.35. The number of carbonyl (C=O) groups is 1. The van der Waals surface area contributed by atoms with Gasteiger partial charge in [-0.25, -0.2) is 0 Å². The number of hydrogen-bond donors (Lipinski definition) is 0. The molecule has 2 aromatic rings. The summed E-state index contributed by atoms with van der Waals surface area (Å²) in [7, 11) is 0. The van der Waals surface area contributed by atoms with Crippen LogP contribution in [0.2, 0.25) is 5.02 Å². The molecule has 0 amide bonds. The van der Waals surface area contributed by atoms with Crippen molar-refractivity contribution in [1.82, 2.24) is 0 Å². The van der Waals surface area contributed by atoms with Crippen molar-refractivity contribution in [3.05, 3.63) is 64.2 Å². The van der Waals surface area contributed by atoms with E-state index in [0.717, 1.165) is 17.7 Å². The SMILES string of the molecule is CC1(C)Cc2cc(C(=O)c3ccc(Cl)cc3)ccc2O1. The van der Waals surface area contributed by atoms with Crippen LogP contribution in [0.25, 0.3) is 0 Å². The minimum atomic E-state index is -0.190. The summed E-state index contributed by atoms with van der Waals surface area (Å²) in [6.45, 7) is 4.10. The van der Waals surface area contributed by atoms with Crippen LogP contribution in [0.1, 0.15) is 35.3 Å². The molecule has 2 nitrogen and oxygen atoms in total. The third-order valence-electron chi connectivity index (χ3n) is 3.43. The Morgan fingerprint density at radius 2 is 1.75 bits per heavy atom. The number of ether oxygens (including phenoxy) is 1. The van der Waals surface area contributed by atoms with E-state index < -0.39 is 0 Å². The van der Waals surface area contributed by atoms with Crippen LogP contribution in [-0.2, 0) is 6.42 Å². The molecule has 0 aliphatic carbocycles. The first-order chi connectivity index (χ1) is 9.44. The highest BCUT2D eigenvalue weighted by atomic mass is 35.5. The third kappa shape index (κ3) is 2.44. The summed E-state index contributed by atoms with van der Waals surface area (Å²) in [4.78, 5) is 12.4. The van der Waals surface area contributed by atoms with Crippen molar-refractivity contribution in [2.45, 2.75) is 25.9 Å². The molecule has 0 aromatic heterocycles. The van der Waals surface area contributed by atoms with Crippen molar-refractivity contribution < 1.29 is 9.53 Å². The molecule has 0 unspecified atom stereocenters. The maximum absolute atomic E-state index is 12.4. The summed E-state index contributed by atoms with van der Waals surface area (Å²) in [5, 5.41) is 0.630. The molecule has 0 saturated heterocycles. The number of benzene rings is 2. The summed E-state index contributed by atoms with van der Waals surface area (Å²) >= 11 is 5.84. The molecule has 0 bridgehead atoms. The van der Waals surface area contributed by atoms with Crippen LogP contribution in [0, 0.1) is 0 Å². The van der Waals surface area contributed by atoms with Gasteiger partial charge in [0.25, 0.3) is 0 Å². The van der Waals surface area contributed by atoms with E-state index in [9.17, 15) is 4.79 Å². The van der Waals surface area contributed by atoms with Gasteiger partial charge in [0.2, 0.25) is 0 Å². The predicted octanol–water partition coefficient (Wildman–Crippen LogP) is 4.28. The molecule has 0 spiro atoms. The predicted molar refractivity (Wildman–Crippen MR) is 79.7 cm³/mol. The van der Waals surface area contributed by atoms with Gasteiger partial charge in [-0.05, 0) is 61.9 Å². The van der Waals surface area contributed by atoms with E-state index in [1.807, 2.05) is 32.0 Å². The number of fused-ring (bicyclic) bond motifs is 1. The first kappa shape index (κ1) is 13.2. The molecular formula is C17H15ClO2. The van der Waals surface area contributed by atoms with Gasteiger partial charge >= 0.3 is 0 Å². The Hall–Kier alpha value is -1.80. The monoisotopic (exact) mass is 286 g/mol. The normalized spacial score (nSPS) is 15.6. The maximum Gasteiger partial charge on any atom is 0.193 e. The van der Waals surface area contributed by atoms with Gasteiger partial charge in [-0.1, -0.05) is 11.6 Å². The number of rotatable bonds is 2. The lowest BCUT2D eigenvalue weighted by molar-refractivity contribution is 0.103. The molecule has 1 aliphatic rings. The number of halogens is 1. The van der Waals surface area contributed by atoms with Crippen LogP contribution in [0.3, 0.4) is 0 Å². The van der Waals surface area contributed by atoms with Crippen LogP contribution in [0.5, 0.6) is 5.75 Å². The van der Waals surface area contributed by atoms with Crippen molar-refractivity contribution in [2.24, 2.45) is 0 Å². The average Bonchev–Trinajstić information content (AvgIpc) is 2.71. The van der Waals surface area contributed by atoms with Crippen molar-refractivity contribution >= 4 is 17.4 Å². The van der Waals surface area contributed by atoms with Crippen LogP contribution in [0.15, 0.2) is 42.5 Å². The molecule has 0 N–H and O–H groups in total. The van der Waals surface area contributed by atoms with Gasteiger partial charge in [0.1, 0.15) is 11.4 Å². The molecule has 1 heterocycles. The molecule has 20 heavy (non-hydrogen) atoms. The lowest BCUT2D eigenvalue weighted by Crippen LogP contribution is -2.24. The van der Waals surface area contributed by atoms with E-state index in [-0.39, 0.29) is 11.4 Å². The Morgan fingerprint density at radius 3 is 2.45 bits per heavy atom. The number of carbonyl (C=O) groups excluding carboxylic acids is 1. The van der Waals surface area contributed by atoms with E-state index in [4.69, 9.17) is 16.3 Å². The topological polar surface area (TPSA) is 26.3 Å². The lowest BCUT2D eigenvalue weighted by atomic mass is 9.97. The molecular weight excluding hydrogens is 272 g/mol. The quantitative estimate of drug-likeness (QED) is 0.770. The second-order valence-electron chi connectivity index (χ2n) is 5.70. The maximum atomic E-state index is 12.4. The summed E-state index contributed by atoms with van der Waals surface area (Å²) in [5.41, 5.74) is 2.24. The molecule has 0 radical (unpaired) electrons. The number of hydrogen-bond acceptors (Lipinski definition) is 2. The fourth-order valence-electron chi connectivity index (χ4n) is 2.52. The summed E-state index contributed by atoms with van der Waals surface area (Å²) in [6, 6.07) is 12.6. The first-order valence-corrected chi connectivity index (χ1v) is 6.95. The third-order valence-corrected chi connectivity index (χ3v) is 3.68.